The fourth-order valence-corrected chi connectivity index (χ4v) is 3.24. The maximum absolute atomic E-state index is 12.6. The third-order valence-electron chi connectivity index (χ3n) is 4.75. The molecule has 0 N–H and O–H groups in total. The van der Waals surface area contributed by atoms with E-state index in [2.05, 4.69) is 0 Å². The molecule has 2 heterocycles. The van der Waals surface area contributed by atoms with Gasteiger partial charge in [0.25, 0.3) is 5.91 Å². The lowest BCUT2D eigenvalue weighted by Gasteiger charge is -2.27. The van der Waals surface area contributed by atoms with Gasteiger partial charge < -0.3 is 23.5 Å². The lowest BCUT2D eigenvalue weighted by molar-refractivity contribution is 0.0739. The molecule has 0 radical (unpaired) electrons. The average Bonchev–Trinajstić information content (AvgIpc) is 3.21. The van der Waals surface area contributed by atoms with Gasteiger partial charge in [0.1, 0.15) is 23.0 Å². The van der Waals surface area contributed by atoms with Gasteiger partial charge in [0.15, 0.2) is 5.76 Å². The Bertz CT molecular complexity index is 827. The first-order valence-electron chi connectivity index (χ1n) is 8.98. The normalized spacial score (nSPS) is 13.9. The van der Waals surface area contributed by atoms with Gasteiger partial charge in [-0.3, -0.25) is 4.79 Å². The van der Waals surface area contributed by atoms with Crippen molar-refractivity contribution in [2.45, 2.75) is 19.8 Å². The van der Waals surface area contributed by atoms with Gasteiger partial charge in [-0.25, -0.2) is 0 Å². The van der Waals surface area contributed by atoms with Crippen LogP contribution in [-0.2, 0) is 6.42 Å². The fraction of sp³-hybridized carbons (Fsp3) is 0.381. The second kappa shape index (κ2) is 8.20. The van der Waals surface area contributed by atoms with Gasteiger partial charge >= 0.3 is 0 Å². The van der Waals surface area contributed by atoms with E-state index in [9.17, 15) is 4.79 Å². The molecule has 1 aromatic heterocycles. The molecule has 3 rings (SSSR count). The van der Waals surface area contributed by atoms with Crippen molar-refractivity contribution in [3.63, 3.8) is 0 Å². The molecule has 0 saturated heterocycles. The highest BCUT2D eigenvalue weighted by Crippen LogP contribution is 2.40. The maximum Gasteiger partial charge on any atom is 0.289 e. The first kappa shape index (κ1) is 18.9. The Morgan fingerprint density at radius 3 is 2.30 bits per heavy atom. The number of carbonyl (C=O) groups excluding carboxylic acids is 1. The van der Waals surface area contributed by atoms with Crippen LogP contribution in [0.5, 0.6) is 17.2 Å². The van der Waals surface area contributed by atoms with E-state index >= 15 is 0 Å². The summed E-state index contributed by atoms with van der Waals surface area (Å²) in [6.07, 6.45) is 3.51. The largest absolute Gasteiger partial charge is 0.496 e. The first-order valence-corrected chi connectivity index (χ1v) is 8.98. The van der Waals surface area contributed by atoms with Crippen LogP contribution in [0.25, 0.3) is 5.57 Å². The van der Waals surface area contributed by atoms with Crippen molar-refractivity contribution < 1.29 is 23.4 Å². The monoisotopic (exact) mass is 371 g/mol. The van der Waals surface area contributed by atoms with E-state index in [-0.39, 0.29) is 5.91 Å². The predicted octanol–water partition coefficient (Wildman–Crippen LogP) is 3.80. The number of amides is 1. The number of methoxy groups -OCH3 is 3. The Morgan fingerprint density at radius 1 is 1.11 bits per heavy atom. The van der Waals surface area contributed by atoms with Crippen LogP contribution in [0.1, 0.15) is 35.2 Å². The van der Waals surface area contributed by atoms with E-state index in [0.717, 1.165) is 23.3 Å². The summed E-state index contributed by atoms with van der Waals surface area (Å²) in [5, 5.41) is 0. The van der Waals surface area contributed by atoms with Crippen molar-refractivity contribution in [1.82, 2.24) is 4.90 Å². The van der Waals surface area contributed by atoms with Crippen LogP contribution in [0.2, 0.25) is 0 Å². The molecule has 6 heteroatoms. The van der Waals surface area contributed by atoms with Crippen LogP contribution in [0.4, 0.5) is 0 Å². The summed E-state index contributed by atoms with van der Waals surface area (Å²) in [4.78, 5) is 14.4. The van der Waals surface area contributed by atoms with Gasteiger partial charge in [0, 0.05) is 31.6 Å². The minimum Gasteiger partial charge on any atom is -0.496 e. The summed E-state index contributed by atoms with van der Waals surface area (Å²) in [6, 6.07) is 7.28. The molecule has 0 spiro atoms. The Kier molecular flexibility index (Phi) is 5.74. The molecular weight excluding hydrogens is 346 g/mol. The zero-order chi connectivity index (χ0) is 19.4. The molecule has 0 bridgehead atoms. The predicted molar refractivity (Wildman–Crippen MR) is 103 cm³/mol. The zero-order valence-electron chi connectivity index (χ0n) is 16.2. The van der Waals surface area contributed by atoms with Crippen molar-refractivity contribution in [3.8, 4) is 17.2 Å². The molecule has 27 heavy (non-hydrogen) atoms. The lowest BCUT2D eigenvalue weighted by Crippen LogP contribution is -2.34. The zero-order valence-corrected chi connectivity index (χ0v) is 16.2. The summed E-state index contributed by atoms with van der Waals surface area (Å²) in [5.41, 5.74) is 1.99. The van der Waals surface area contributed by atoms with Gasteiger partial charge in [0.05, 0.1) is 26.9 Å². The SMILES string of the molecule is CCc1ccc(C(=O)N2CC=C(c3c(OC)cc(OC)cc3OC)CC2)o1. The van der Waals surface area contributed by atoms with Crippen LogP contribution in [0, 0.1) is 0 Å². The van der Waals surface area contributed by atoms with Crippen molar-refractivity contribution in [2.75, 3.05) is 34.4 Å². The Hall–Kier alpha value is -2.89. The number of hydrogen-bond donors (Lipinski definition) is 0. The third-order valence-corrected chi connectivity index (χ3v) is 4.75. The van der Waals surface area contributed by atoms with Crippen LogP contribution < -0.4 is 14.2 Å². The smallest absolute Gasteiger partial charge is 0.289 e. The number of furan rings is 1. The Labute approximate surface area is 159 Å². The van der Waals surface area contributed by atoms with Crippen LogP contribution in [-0.4, -0.2) is 45.2 Å². The topological polar surface area (TPSA) is 61.1 Å². The van der Waals surface area contributed by atoms with E-state index in [0.29, 0.717) is 42.5 Å². The number of nitrogens with zero attached hydrogens (tertiary/aromatic N) is 1. The van der Waals surface area contributed by atoms with Crippen molar-refractivity contribution >= 4 is 11.5 Å². The summed E-state index contributed by atoms with van der Waals surface area (Å²) < 4.78 is 22.0. The summed E-state index contributed by atoms with van der Waals surface area (Å²) in [6.45, 7) is 3.11. The van der Waals surface area contributed by atoms with Crippen LogP contribution >= 0.6 is 0 Å². The Balaban J connectivity index is 1.83. The summed E-state index contributed by atoms with van der Waals surface area (Å²) in [5.74, 6) is 3.18. The second-order valence-corrected chi connectivity index (χ2v) is 6.26. The molecule has 1 aromatic carbocycles. The van der Waals surface area contributed by atoms with Crippen LogP contribution in [0.15, 0.2) is 34.8 Å². The number of rotatable bonds is 6. The van der Waals surface area contributed by atoms with Gasteiger partial charge in [-0.05, 0) is 24.1 Å². The van der Waals surface area contributed by atoms with E-state index in [1.807, 2.05) is 31.2 Å². The highest BCUT2D eigenvalue weighted by Gasteiger charge is 2.25. The highest BCUT2D eigenvalue weighted by atomic mass is 16.5. The van der Waals surface area contributed by atoms with Crippen molar-refractivity contribution in [1.29, 1.82) is 0 Å². The second-order valence-electron chi connectivity index (χ2n) is 6.26. The molecule has 0 aliphatic carbocycles. The van der Waals surface area contributed by atoms with Gasteiger partial charge in [0.2, 0.25) is 0 Å². The highest BCUT2D eigenvalue weighted by molar-refractivity contribution is 5.92. The molecule has 2 aromatic rings. The van der Waals surface area contributed by atoms with Gasteiger partial charge in [-0.15, -0.1) is 0 Å². The maximum atomic E-state index is 12.6. The van der Waals surface area contributed by atoms with Gasteiger partial charge in [-0.2, -0.15) is 0 Å². The van der Waals surface area contributed by atoms with Crippen molar-refractivity contribution in [3.05, 3.63) is 47.4 Å². The Morgan fingerprint density at radius 2 is 1.81 bits per heavy atom. The quantitative estimate of drug-likeness (QED) is 0.773. The summed E-state index contributed by atoms with van der Waals surface area (Å²) in [7, 11) is 4.86. The molecule has 6 nitrogen and oxygen atoms in total. The standard InChI is InChI=1S/C21H25NO5/c1-5-15-6-7-17(27-15)21(23)22-10-8-14(9-11-22)20-18(25-3)12-16(24-2)13-19(20)26-4/h6-8,12-13H,5,9-11H2,1-4H3. The van der Waals surface area contributed by atoms with E-state index < -0.39 is 0 Å². The minimum atomic E-state index is -0.0846. The first-order chi connectivity index (χ1) is 13.1. The number of hydrogen-bond acceptors (Lipinski definition) is 5. The molecule has 0 saturated carbocycles. The molecule has 0 unspecified atom stereocenters. The lowest BCUT2D eigenvalue weighted by atomic mass is 9.97. The van der Waals surface area contributed by atoms with E-state index in [1.54, 1.807) is 32.3 Å². The van der Waals surface area contributed by atoms with Crippen LogP contribution in [0.3, 0.4) is 0 Å². The van der Waals surface area contributed by atoms with E-state index in [4.69, 9.17) is 18.6 Å². The summed E-state index contributed by atoms with van der Waals surface area (Å²) >= 11 is 0. The van der Waals surface area contributed by atoms with Gasteiger partial charge in [-0.1, -0.05) is 13.0 Å². The number of benzene rings is 1. The number of aryl methyl sites for hydroxylation is 1. The molecular formula is C21H25NO5. The number of ether oxygens (including phenoxy) is 3. The third kappa shape index (κ3) is 3.79. The molecule has 1 aliphatic heterocycles. The van der Waals surface area contributed by atoms with Crippen molar-refractivity contribution in [2.24, 2.45) is 0 Å². The molecule has 0 fully saturated rings. The van der Waals surface area contributed by atoms with E-state index in [1.165, 1.54) is 0 Å². The fourth-order valence-electron chi connectivity index (χ4n) is 3.24. The average molecular weight is 371 g/mol. The molecule has 0 atom stereocenters. The molecule has 1 amide bonds. The molecule has 144 valence electrons. The molecule has 1 aliphatic rings. The number of carbonyl (C=O) groups is 1. The minimum absolute atomic E-state index is 0.0846.